The minimum absolute atomic E-state index is 0.0687. The predicted molar refractivity (Wildman–Crippen MR) is 95.7 cm³/mol. The molecule has 2 aromatic carbocycles. The number of phenols is 1. The summed E-state index contributed by atoms with van der Waals surface area (Å²) in [6.07, 6.45) is 0. The van der Waals surface area contributed by atoms with Gasteiger partial charge in [0.2, 0.25) is 0 Å². The molecule has 2 rings (SSSR count). The third kappa shape index (κ3) is 3.35. The van der Waals surface area contributed by atoms with E-state index in [0.717, 1.165) is 0 Å². The molecule has 0 unspecified atom stereocenters. The van der Waals surface area contributed by atoms with Crippen molar-refractivity contribution in [3.05, 3.63) is 53.1 Å². The third-order valence-electron chi connectivity index (χ3n) is 4.05. The second-order valence-electron chi connectivity index (χ2n) is 8.28. The van der Waals surface area contributed by atoms with Gasteiger partial charge in [-0.05, 0) is 52.1 Å². The second kappa shape index (κ2) is 5.46. The second-order valence-corrected chi connectivity index (χ2v) is 8.28. The Morgan fingerprint density at radius 2 is 1.14 bits per heavy atom. The maximum Gasteiger partial charge on any atom is 0.115 e. The number of rotatable bonds is 1. The fourth-order valence-corrected chi connectivity index (χ4v) is 2.91. The van der Waals surface area contributed by atoms with E-state index in [4.69, 9.17) is 0 Å². The van der Waals surface area contributed by atoms with Crippen LogP contribution in [0.2, 0.25) is 0 Å². The van der Waals surface area contributed by atoms with Crippen molar-refractivity contribution in [1.82, 2.24) is 0 Å². The van der Waals surface area contributed by atoms with Gasteiger partial charge in [-0.2, -0.15) is 0 Å². The highest BCUT2D eigenvalue weighted by atomic mass is 16.3. The molecule has 0 amide bonds. The Morgan fingerprint density at radius 1 is 0.727 bits per heavy atom. The molecule has 0 saturated carbocycles. The summed E-state index contributed by atoms with van der Waals surface area (Å²) in [5, 5.41) is 9.61. The van der Waals surface area contributed by atoms with Crippen molar-refractivity contribution in [2.24, 2.45) is 0 Å². The van der Waals surface area contributed by atoms with E-state index in [2.05, 4.69) is 60.6 Å². The van der Waals surface area contributed by atoms with Crippen molar-refractivity contribution < 1.29 is 5.11 Å². The molecule has 2 aromatic rings. The standard InChI is InChI=1S/C21H28O/c1-14-12-17(20(2,3)4)19(18(13-14)21(5,6)7)15-8-10-16(22)11-9-15/h8-13,22H,1-7H3. The first-order chi connectivity index (χ1) is 10.00. The molecular formula is C21H28O. The SMILES string of the molecule is Cc1cc(C(C)(C)C)c(-c2ccc(O)cc2)c(C(C)(C)C)c1. The Labute approximate surface area is 135 Å². The largest absolute Gasteiger partial charge is 0.508 e. The molecule has 118 valence electrons. The van der Waals surface area contributed by atoms with Crippen LogP contribution in [-0.4, -0.2) is 5.11 Å². The fraction of sp³-hybridized carbons (Fsp3) is 0.429. The van der Waals surface area contributed by atoms with Gasteiger partial charge in [0, 0.05) is 0 Å². The summed E-state index contributed by atoms with van der Waals surface area (Å²) in [7, 11) is 0. The number of benzene rings is 2. The maximum absolute atomic E-state index is 9.61. The van der Waals surface area contributed by atoms with Gasteiger partial charge in [-0.1, -0.05) is 71.4 Å². The van der Waals surface area contributed by atoms with Gasteiger partial charge in [0.1, 0.15) is 5.75 Å². The molecule has 1 nitrogen and oxygen atoms in total. The molecule has 1 heteroatoms. The molecule has 0 saturated heterocycles. The van der Waals surface area contributed by atoms with Crippen LogP contribution in [0, 0.1) is 6.92 Å². The van der Waals surface area contributed by atoms with Crippen LogP contribution in [0.15, 0.2) is 36.4 Å². The van der Waals surface area contributed by atoms with Gasteiger partial charge >= 0.3 is 0 Å². The first-order valence-corrected chi connectivity index (χ1v) is 7.95. The zero-order valence-electron chi connectivity index (χ0n) is 14.9. The molecule has 0 aliphatic heterocycles. The molecule has 0 atom stereocenters. The zero-order valence-corrected chi connectivity index (χ0v) is 14.9. The summed E-state index contributed by atoms with van der Waals surface area (Å²) in [5.74, 6) is 0.311. The van der Waals surface area contributed by atoms with Gasteiger partial charge in [-0.3, -0.25) is 0 Å². The molecule has 1 N–H and O–H groups in total. The highest BCUT2D eigenvalue weighted by molar-refractivity contribution is 5.74. The minimum atomic E-state index is 0.0687. The highest BCUT2D eigenvalue weighted by Gasteiger charge is 2.26. The molecule has 0 spiro atoms. The number of hydrogen-bond donors (Lipinski definition) is 1. The predicted octanol–water partition coefficient (Wildman–Crippen LogP) is 5.96. The molecule has 22 heavy (non-hydrogen) atoms. The summed E-state index contributed by atoms with van der Waals surface area (Å²) < 4.78 is 0. The molecule has 0 fully saturated rings. The van der Waals surface area contributed by atoms with Crippen molar-refractivity contribution >= 4 is 0 Å². The van der Waals surface area contributed by atoms with Gasteiger partial charge in [0.25, 0.3) is 0 Å². The van der Waals surface area contributed by atoms with E-state index in [1.807, 2.05) is 12.1 Å². The van der Waals surface area contributed by atoms with Gasteiger partial charge in [-0.25, -0.2) is 0 Å². The Kier molecular flexibility index (Phi) is 4.12. The smallest absolute Gasteiger partial charge is 0.115 e. The van der Waals surface area contributed by atoms with E-state index < -0.39 is 0 Å². The number of hydrogen-bond acceptors (Lipinski definition) is 1. The van der Waals surface area contributed by atoms with Crippen LogP contribution in [0.1, 0.15) is 58.2 Å². The quantitative estimate of drug-likeness (QED) is 0.688. The minimum Gasteiger partial charge on any atom is -0.508 e. The van der Waals surface area contributed by atoms with Crippen molar-refractivity contribution in [3.63, 3.8) is 0 Å². The number of phenolic OH excluding ortho intramolecular Hbond substituents is 1. The summed E-state index contributed by atoms with van der Waals surface area (Å²) in [6.45, 7) is 15.7. The number of aryl methyl sites for hydroxylation is 1. The fourth-order valence-electron chi connectivity index (χ4n) is 2.91. The average molecular weight is 296 g/mol. The van der Waals surface area contributed by atoms with E-state index in [9.17, 15) is 5.11 Å². The van der Waals surface area contributed by atoms with Crippen LogP contribution in [0.4, 0.5) is 0 Å². The van der Waals surface area contributed by atoms with Crippen LogP contribution in [0.5, 0.6) is 5.75 Å². The van der Waals surface area contributed by atoms with Crippen LogP contribution in [-0.2, 0) is 10.8 Å². The Balaban J connectivity index is 2.86. The van der Waals surface area contributed by atoms with Crippen molar-refractivity contribution in [2.75, 3.05) is 0 Å². The summed E-state index contributed by atoms with van der Waals surface area (Å²) in [6, 6.07) is 12.2. The summed E-state index contributed by atoms with van der Waals surface area (Å²) >= 11 is 0. The lowest BCUT2D eigenvalue weighted by Crippen LogP contribution is -2.19. The molecule has 0 aliphatic rings. The van der Waals surface area contributed by atoms with Gasteiger partial charge in [0.05, 0.1) is 0 Å². The highest BCUT2D eigenvalue weighted by Crippen LogP contribution is 2.41. The Morgan fingerprint density at radius 3 is 1.50 bits per heavy atom. The van der Waals surface area contributed by atoms with Crippen LogP contribution in [0.25, 0.3) is 11.1 Å². The topological polar surface area (TPSA) is 20.2 Å². The average Bonchev–Trinajstić information content (AvgIpc) is 2.37. The Hall–Kier alpha value is -1.76. The lowest BCUT2D eigenvalue weighted by Gasteiger charge is -2.31. The monoisotopic (exact) mass is 296 g/mol. The van der Waals surface area contributed by atoms with Crippen LogP contribution < -0.4 is 0 Å². The van der Waals surface area contributed by atoms with Crippen LogP contribution in [0.3, 0.4) is 0 Å². The van der Waals surface area contributed by atoms with Crippen molar-refractivity contribution in [3.8, 4) is 16.9 Å². The maximum atomic E-state index is 9.61. The van der Waals surface area contributed by atoms with E-state index >= 15 is 0 Å². The van der Waals surface area contributed by atoms with Gasteiger partial charge < -0.3 is 5.11 Å². The summed E-state index contributed by atoms with van der Waals surface area (Å²) in [4.78, 5) is 0. The lowest BCUT2D eigenvalue weighted by atomic mass is 9.73. The van der Waals surface area contributed by atoms with E-state index in [-0.39, 0.29) is 10.8 Å². The van der Waals surface area contributed by atoms with E-state index in [1.54, 1.807) is 12.1 Å². The lowest BCUT2D eigenvalue weighted by molar-refractivity contribution is 0.475. The first-order valence-electron chi connectivity index (χ1n) is 7.95. The van der Waals surface area contributed by atoms with E-state index in [1.165, 1.54) is 27.8 Å². The zero-order chi connectivity index (χ0) is 16.7. The first kappa shape index (κ1) is 16.6. The molecular weight excluding hydrogens is 268 g/mol. The molecule has 0 radical (unpaired) electrons. The third-order valence-corrected chi connectivity index (χ3v) is 4.05. The molecule has 0 aromatic heterocycles. The Bertz CT molecular complexity index is 630. The number of aromatic hydroxyl groups is 1. The van der Waals surface area contributed by atoms with Crippen molar-refractivity contribution in [2.45, 2.75) is 59.3 Å². The normalized spacial score (nSPS) is 12.5. The van der Waals surface area contributed by atoms with Gasteiger partial charge in [-0.15, -0.1) is 0 Å². The molecule has 0 aliphatic carbocycles. The van der Waals surface area contributed by atoms with Gasteiger partial charge in [0.15, 0.2) is 0 Å². The molecule has 0 bridgehead atoms. The molecule has 0 heterocycles. The van der Waals surface area contributed by atoms with Crippen molar-refractivity contribution in [1.29, 1.82) is 0 Å². The summed E-state index contributed by atoms with van der Waals surface area (Å²) in [5.41, 5.74) is 6.65. The van der Waals surface area contributed by atoms with Crippen LogP contribution >= 0.6 is 0 Å². The van der Waals surface area contributed by atoms with E-state index in [0.29, 0.717) is 5.75 Å².